The molecule has 1 aromatic carbocycles. The van der Waals surface area contributed by atoms with Crippen molar-refractivity contribution in [2.75, 3.05) is 5.73 Å². The lowest BCUT2D eigenvalue weighted by Gasteiger charge is -2.00. The minimum absolute atomic E-state index is 0.0723. The van der Waals surface area contributed by atoms with Gasteiger partial charge in [-0.3, -0.25) is 0 Å². The van der Waals surface area contributed by atoms with Gasteiger partial charge < -0.3 is 10.3 Å². The van der Waals surface area contributed by atoms with Crippen molar-refractivity contribution in [1.82, 2.24) is 15.1 Å². The molecule has 2 aromatic heterocycles. The summed E-state index contributed by atoms with van der Waals surface area (Å²) in [7, 11) is 0. The van der Waals surface area contributed by atoms with Crippen LogP contribution >= 0.6 is 0 Å². The number of nitrogens with zero attached hydrogens (tertiary/aromatic N) is 3. The van der Waals surface area contributed by atoms with E-state index in [9.17, 15) is 8.78 Å². The third kappa shape index (κ3) is 2.09. The molecule has 0 atom stereocenters. The molecule has 0 amide bonds. The number of anilines is 1. The van der Waals surface area contributed by atoms with Crippen molar-refractivity contribution in [3.8, 4) is 23.0 Å². The van der Waals surface area contributed by atoms with E-state index in [1.807, 2.05) is 0 Å². The predicted octanol–water partition coefficient (Wildman–Crippen LogP) is 2.66. The van der Waals surface area contributed by atoms with E-state index >= 15 is 0 Å². The van der Waals surface area contributed by atoms with Gasteiger partial charge in [0.25, 0.3) is 5.89 Å². The van der Waals surface area contributed by atoms with Crippen LogP contribution in [-0.2, 0) is 0 Å². The fraction of sp³-hybridized carbons (Fsp3) is 0. The number of nitrogen functional groups attached to an aromatic ring is 1. The van der Waals surface area contributed by atoms with Gasteiger partial charge in [-0.15, -0.1) is 0 Å². The normalized spacial score (nSPS) is 10.7. The van der Waals surface area contributed by atoms with E-state index < -0.39 is 11.6 Å². The van der Waals surface area contributed by atoms with Crippen LogP contribution in [0.25, 0.3) is 23.0 Å². The highest BCUT2D eigenvalue weighted by molar-refractivity contribution is 5.71. The van der Waals surface area contributed by atoms with E-state index in [0.717, 1.165) is 6.20 Å². The Morgan fingerprint density at radius 2 is 1.95 bits per heavy atom. The lowest BCUT2D eigenvalue weighted by Crippen LogP contribution is -1.94. The SMILES string of the molecule is Nc1c(F)cccc1-c1nc(-c2ccc(F)cn2)no1. The summed E-state index contributed by atoms with van der Waals surface area (Å²) in [6.45, 7) is 0. The quantitative estimate of drug-likeness (QED) is 0.727. The van der Waals surface area contributed by atoms with Crippen LogP contribution in [0.15, 0.2) is 41.1 Å². The molecular weight excluding hydrogens is 266 g/mol. The molecule has 0 saturated heterocycles. The number of para-hydroxylation sites is 1. The van der Waals surface area contributed by atoms with Gasteiger partial charge >= 0.3 is 0 Å². The lowest BCUT2D eigenvalue weighted by atomic mass is 10.2. The average molecular weight is 274 g/mol. The van der Waals surface area contributed by atoms with Gasteiger partial charge in [0.1, 0.15) is 17.3 Å². The van der Waals surface area contributed by atoms with Gasteiger partial charge in [-0.25, -0.2) is 13.8 Å². The molecule has 3 aromatic rings. The highest BCUT2D eigenvalue weighted by Gasteiger charge is 2.15. The standard InChI is InChI=1S/C13H8F2N4O/c14-7-4-5-10(17-6-7)12-18-13(20-19-12)8-2-1-3-9(15)11(8)16/h1-6H,16H2. The largest absolute Gasteiger partial charge is 0.396 e. The average Bonchev–Trinajstić information content (AvgIpc) is 2.92. The molecular formula is C13H8F2N4O. The third-order valence-electron chi connectivity index (χ3n) is 2.67. The first-order chi connectivity index (χ1) is 9.65. The monoisotopic (exact) mass is 274 g/mol. The van der Waals surface area contributed by atoms with Crippen LogP contribution in [0.3, 0.4) is 0 Å². The maximum atomic E-state index is 13.4. The maximum absolute atomic E-state index is 13.4. The molecule has 0 aliphatic heterocycles. The Bertz CT molecular complexity index is 755. The first-order valence-electron chi connectivity index (χ1n) is 5.65. The number of rotatable bonds is 2. The van der Waals surface area contributed by atoms with E-state index in [1.165, 1.54) is 24.3 Å². The summed E-state index contributed by atoms with van der Waals surface area (Å²) in [5.41, 5.74) is 6.18. The molecule has 0 spiro atoms. The van der Waals surface area contributed by atoms with Crippen molar-refractivity contribution < 1.29 is 13.3 Å². The Labute approximate surface area is 112 Å². The first-order valence-corrected chi connectivity index (χ1v) is 5.65. The predicted molar refractivity (Wildman–Crippen MR) is 67.3 cm³/mol. The second-order valence-electron chi connectivity index (χ2n) is 3.99. The van der Waals surface area contributed by atoms with Gasteiger partial charge in [0.05, 0.1) is 17.4 Å². The summed E-state index contributed by atoms with van der Waals surface area (Å²) in [4.78, 5) is 7.90. The molecule has 5 nitrogen and oxygen atoms in total. The minimum atomic E-state index is -0.567. The maximum Gasteiger partial charge on any atom is 0.260 e. The molecule has 0 radical (unpaired) electrons. The summed E-state index contributed by atoms with van der Waals surface area (Å²) < 4.78 is 31.2. The molecule has 20 heavy (non-hydrogen) atoms. The Hall–Kier alpha value is -2.83. The zero-order valence-electron chi connectivity index (χ0n) is 10.0. The van der Waals surface area contributed by atoms with Crippen molar-refractivity contribution in [3.63, 3.8) is 0 Å². The molecule has 2 N–H and O–H groups in total. The Morgan fingerprint density at radius 3 is 2.70 bits per heavy atom. The van der Waals surface area contributed by atoms with Crippen LogP contribution in [0.1, 0.15) is 0 Å². The summed E-state index contributed by atoms with van der Waals surface area (Å²) >= 11 is 0. The van der Waals surface area contributed by atoms with Gasteiger partial charge in [0, 0.05) is 0 Å². The van der Waals surface area contributed by atoms with Gasteiger partial charge in [-0.1, -0.05) is 11.2 Å². The first kappa shape index (κ1) is 12.2. The topological polar surface area (TPSA) is 77.8 Å². The lowest BCUT2D eigenvalue weighted by molar-refractivity contribution is 0.432. The zero-order chi connectivity index (χ0) is 14.1. The summed E-state index contributed by atoms with van der Waals surface area (Å²) in [5.74, 6) is -0.791. The molecule has 100 valence electrons. The Balaban J connectivity index is 2.02. The molecule has 7 heteroatoms. The number of hydrogen-bond donors (Lipinski definition) is 1. The van der Waals surface area contributed by atoms with Gasteiger partial charge in [-0.05, 0) is 24.3 Å². The molecule has 0 bridgehead atoms. The molecule has 3 rings (SSSR count). The van der Waals surface area contributed by atoms with Crippen molar-refractivity contribution in [3.05, 3.63) is 48.2 Å². The highest BCUT2D eigenvalue weighted by Crippen LogP contribution is 2.27. The number of pyridine rings is 1. The summed E-state index contributed by atoms with van der Waals surface area (Å²) in [6.07, 6.45) is 1.04. The van der Waals surface area contributed by atoms with E-state index in [-0.39, 0.29) is 17.4 Å². The van der Waals surface area contributed by atoms with Crippen LogP contribution in [0.2, 0.25) is 0 Å². The van der Waals surface area contributed by atoms with E-state index in [4.69, 9.17) is 10.3 Å². The molecule has 0 unspecified atom stereocenters. The molecule has 0 aliphatic carbocycles. The van der Waals surface area contributed by atoms with E-state index in [0.29, 0.717) is 11.3 Å². The number of nitrogens with two attached hydrogens (primary N) is 1. The molecule has 2 heterocycles. The molecule has 0 saturated carbocycles. The second kappa shape index (κ2) is 4.69. The molecule has 0 fully saturated rings. The highest BCUT2D eigenvalue weighted by atomic mass is 19.1. The van der Waals surface area contributed by atoms with Crippen LogP contribution in [0, 0.1) is 11.6 Å². The fourth-order valence-corrected chi connectivity index (χ4v) is 1.67. The van der Waals surface area contributed by atoms with Crippen LogP contribution in [-0.4, -0.2) is 15.1 Å². The molecule has 0 aliphatic rings. The van der Waals surface area contributed by atoms with Gasteiger partial charge in [-0.2, -0.15) is 4.98 Å². The fourth-order valence-electron chi connectivity index (χ4n) is 1.67. The Kier molecular flexibility index (Phi) is 2.86. The van der Waals surface area contributed by atoms with Crippen LogP contribution in [0.4, 0.5) is 14.5 Å². The van der Waals surface area contributed by atoms with Gasteiger partial charge in [0.2, 0.25) is 5.82 Å². The number of halogens is 2. The number of hydrogen-bond acceptors (Lipinski definition) is 5. The van der Waals surface area contributed by atoms with Crippen molar-refractivity contribution in [2.45, 2.75) is 0 Å². The summed E-state index contributed by atoms with van der Waals surface area (Å²) in [5, 5.41) is 3.71. The van der Waals surface area contributed by atoms with Crippen molar-refractivity contribution >= 4 is 5.69 Å². The summed E-state index contributed by atoms with van der Waals surface area (Å²) in [6, 6.07) is 6.93. The third-order valence-corrected chi connectivity index (χ3v) is 2.67. The second-order valence-corrected chi connectivity index (χ2v) is 3.99. The van der Waals surface area contributed by atoms with Crippen molar-refractivity contribution in [2.24, 2.45) is 0 Å². The smallest absolute Gasteiger partial charge is 0.260 e. The minimum Gasteiger partial charge on any atom is -0.396 e. The van der Waals surface area contributed by atoms with Gasteiger partial charge in [0.15, 0.2) is 0 Å². The zero-order valence-corrected chi connectivity index (χ0v) is 10.0. The van der Waals surface area contributed by atoms with E-state index in [1.54, 1.807) is 6.07 Å². The van der Waals surface area contributed by atoms with E-state index in [2.05, 4.69) is 15.1 Å². The van der Waals surface area contributed by atoms with Crippen LogP contribution in [0.5, 0.6) is 0 Å². The Morgan fingerprint density at radius 1 is 1.10 bits per heavy atom. The van der Waals surface area contributed by atoms with Crippen LogP contribution < -0.4 is 5.73 Å². The van der Waals surface area contributed by atoms with Crippen molar-refractivity contribution in [1.29, 1.82) is 0 Å². The number of aromatic nitrogens is 3. The number of benzene rings is 1.